The number of quaternary nitrogens is 1. The number of anilines is 1. The molecule has 0 spiro atoms. The topological polar surface area (TPSA) is 78.2 Å². The van der Waals surface area contributed by atoms with Gasteiger partial charge < -0.3 is 15.1 Å². The van der Waals surface area contributed by atoms with Gasteiger partial charge in [0.15, 0.2) is 0 Å². The number of hydrogen-bond acceptors (Lipinski definition) is 4. The molecule has 134 valence electrons. The molecule has 0 radical (unpaired) electrons. The number of guanidine groups is 1. The van der Waals surface area contributed by atoms with E-state index in [9.17, 15) is 9.59 Å². The molecule has 7 heteroatoms. The molecule has 1 aromatic carbocycles. The Bertz CT molecular complexity index is 663. The predicted octanol–water partition coefficient (Wildman–Crippen LogP) is -0.738. The molecule has 1 atom stereocenters. The molecule has 2 aliphatic heterocycles. The lowest BCUT2D eigenvalue weighted by Crippen LogP contribution is -3.12. The van der Waals surface area contributed by atoms with Gasteiger partial charge in [0.1, 0.15) is 6.04 Å². The molecular weight excluding hydrogens is 318 g/mol. The first-order valence-corrected chi connectivity index (χ1v) is 8.89. The van der Waals surface area contributed by atoms with Gasteiger partial charge in [-0.3, -0.25) is 14.9 Å². The van der Waals surface area contributed by atoms with Crippen LogP contribution in [-0.2, 0) is 16.0 Å². The standard InChI is InChI=1S/C18H25N5O2/c1-3-13-4-6-14(7-5-13)19-17(25)15-12-16(24)21-18(20-15)23-10-8-22(2)9-11-23/h4-7,15H,3,8-12H2,1-2H3,(H,19,25)(H,20,21,24)/p+1/t15-/m0/s1. The van der Waals surface area contributed by atoms with Crippen molar-refractivity contribution in [2.45, 2.75) is 25.8 Å². The molecule has 2 aliphatic rings. The fourth-order valence-corrected chi connectivity index (χ4v) is 3.04. The van der Waals surface area contributed by atoms with Gasteiger partial charge in [-0.1, -0.05) is 19.1 Å². The molecule has 3 rings (SSSR count). The van der Waals surface area contributed by atoms with Gasteiger partial charge in [0.25, 0.3) is 0 Å². The third-order valence-electron chi connectivity index (χ3n) is 4.76. The van der Waals surface area contributed by atoms with Crippen molar-refractivity contribution in [1.29, 1.82) is 0 Å². The summed E-state index contributed by atoms with van der Waals surface area (Å²) in [6, 6.07) is 7.07. The number of hydrogen-bond donors (Lipinski definition) is 3. The molecule has 1 saturated heterocycles. The van der Waals surface area contributed by atoms with Crippen LogP contribution in [0.2, 0.25) is 0 Å². The van der Waals surface area contributed by atoms with E-state index in [1.807, 2.05) is 24.3 Å². The quantitative estimate of drug-likeness (QED) is 0.676. The van der Waals surface area contributed by atoms with E-state index >= 15 is 0 Å². The van der Waals surface area contributed by atoms with Crippen molar-refractivity contribution in [2.24, 2.45) is 4.99 Å². The van der Waals surface area contributed by atoms with E-state index in [4.69, 9.17) is 0 Å². The second-order valence-electron chi connectivity index (χ2n) is 6.70. The molecular formula is C18H26N5O2+. The normalized spacial score (nSPS) is 21.5. The third-order valence-corrected chi connectivity index (χ3v) is 4.76. The molecule has 1 fully saturated rings. The first kappa shape index (κ1) is 17.4. The summed E-state index contributed by atoms with van der Waals surface area (Å²) in [4.78, 5) is 32.6. The van der Waals surface area contributed by atoms with Crippen molar-refractivity contribution in [1.82, 2.24) is 10.2 Å². The molecule has 0 unspecified atom stereocenters. The van der Waals surface area contributed by atoms with E-state index in [0.29, 0.717) is 5.96 Å². The highest BCUT2D eigenvalue weighted by atomic mass is 16.2. The van der Waals surface area contributed by atoms with Gasteiger partial charge in [0, 0.05) is 5.69 Å². The summed E-state index contributed by atoms with van der Waals surface area (Å²) in [7, 11) is 2.15. The molecule has 0 saturated carbocycles. The predicted molar refractivity (Wildman–Crippen MR) is 96.6 cm³/mol. The number of rotatable bonds is 3. The first-order valence-electron chi connectivity index (χ1n) is 8.89. The maximum Gasteiger partial charge on any atom is 0.249 e. The van der Waals surface area contributed by atoms with Crippen LogP contribution in [0, 0.1) is 0 Å². The van der Waals surface area contributed by atoms with E-state index < -0.39 is 6.04 Å². The van der Waals surface area contributed by atoms with E-state index in [1.54, 1.807) is 0 Å². The largest absolute Gasteiger partial charge is 0.334 e. The van der Waals surface area contributed by atoms with Gasteiger partial charge in [0.05, 0.1) is 39.6 Å². The van der Waals surface area contributed by atoms with Gasteiger partial charge in [-0.05, 0) is 24.1 Å². The van der Waals surface area contributed by atoms with Crippen LogP contribution in [0.1, 0.15) is 18.9 Å². The second-order valence-corrected chi connectivity index (χ2v) is 6.70. The van der Waals surface area contributed by atoms with Crippen molar-refractivity contribution in [3.63, 3.8) is 0 Å². The van der Waals surface area contributed by atoms with E-state index in [2.05, 4.69) is 34.5 Å². The first-order chi connectivity index (χ1) is 12.0. The minimum absolute atomic E-state index is 0.0847. The van der Waals surface area contributed by atoms with Crippen LogP contribution < -0.4 is 15.5 Å². The van der Waals surface area contributed by atoms with Crippen molar-refractivity contribution >= 4 is 23.5 Å². The third kappa shape index (κ3) is 4.36. The molecule has 7 nitrogen and oxygen atoms in total. The Morgan fingerprint density at radius 2 is 2.00 bits per heavy atom. The molecule has 0 aliphatic carbocycles. The van der Waals surface area contributed by atoms with Crippen LogP contribution in [0.15, 0.2) is 29.3 Å². The number of benzene rings is 1. The number of carbonyl (C=O) groups is 2. The van der Waals surface area contributed by atoms with E-state index in [0.717, 1.165) is 38.3 Å². The molecule has 2 heterocycles. The second kappa shape index (κ2) is 7.65. The fourth-order valence-electron chi connectivity index (χ4n) is 3.04. The Labute approximate surface area is 148 Å². The smallest absolute Gasteiger partial charge is 0.249 e. The number of carbonyl (C=O) groups excluding carboxylic acids is 2. The average Bonchev–Trinajstić information content (AvgIpc) is 2.62. The maximum atomic E-state index is 12.5. The van der Waals surface area contributed by atoms with Gasteiger partial charge in [-0.2, -0.15) is 0 Å². The molecule has 25 heavy (non-hydrogen) atoms. The number of nitrogens with one attached hydrogen (secondary N) is 3. The molecule has 2 amide bonds. The average molecular weight is 344 g/mol. The Kier molecular flexibility index (Phi) is 5.33. The highest BCUT2D eigenvalue weighted by Crippen LogP contribution is 2.13. The van der Waals surface area contributed by atoms with Crippen LogP contribution in [0.25, 0.3) is 0 Å². The van der Waals surface area contributed by atoms with Crippen LogP contribution in [-0.4, -0.2) is 61.9 Å². The van der Waals surface area contributed by atoms with Gasteiger partial charge in [-0.15, -0.1) is 0 Å². The summed E-state index contributed by atoms with van der Waals surface area (Å²) < 4.78 is 0. The molecule has 1 aromatic rings. The van der Waals surface area contributed by atoms with Gasteiger partial charge in [0.2, 0.25) is 17.8 Å². The number of nitrogens with zero attached hydrogens (tertiary/aromatic N) is 2. The SMILES string of the molecule is CCc1ccc(NC(=O)[C@@H]2CC(=O)NC(N3CC[NH+](C)CC3)=N2)cc1. The number of aryl methyl sites for hydroxylation is 1. The van der Waals surface area contributed by atoms with Crippen molar-refractivity contribution in [2.75, 3.05) is 38.5 Å². The number of amides is 2. The highest BCUT2D eigenvalue weighted by Gasteiger charge is 2.30. The van der Waals surface area contributed by atoms with Crippen LogP contribution in [0.3, 0.4) is 0 Å². The van der Waals surface area contributed by atoms with Crippen molar-refractivity contribution < 1.29 is 14.5 Å². The zero-order valence-electron chi connectivity index (χ0n) is 14.8. The summed E-state index contributed by atoms with van der Waals surface area (Å²) in [6.45, 7) is 5.74. The van der Waals surface area contributed by atoms with Crippen LogP contribution >= 0.6 is 0 Å². The van der Waals surface area contributed by atoms with Gasteiger partial charge in [-0.25, -0.2) is 4.99 Å². The Hall–Kier alpha value is -2.41. The lowest BCUT2D eigenvalue weighted by atomic mass is 10.1. The Morgan fingerprint density at radius 1 is 1.32 bits per heavy atom. The summed E-state index contributed by atoms with van der Waals surface area (Å²) in [5.74, 6) is 0.138. The summed E-state index contributed by atoms with van der Waals surface area (Å²) in [6.07, 6.45) is 1.04. The minimum Gasteiger partial charge on any atom is -0.334 e. The van der Waals surface area contributed by atoms with Gasteiger partial charge >= 0.3 is 0 Å². The van der Waals surface area contributed by atoms with E-state index in [1.165, 1.54) is 10.5 Å². The zero-order chi connectivity index (χ0) is 17.8. The summed E-state index contributed by atoms with van der Waals surface area (Å²) in [5.41, 5.74) is 1.95. The van der Waals surface area contributed by atoms with Crippen molar-refractivity contribution in [3.8, 4) is 0 Å². The Morgan fingerprint density at radius 3 is 2.64 bits per heavy atom. The number of aliphatic imine (C=N–C) groups is 1. The number of piperazine rings is 1. The van der Waals surface area contributed by atoms with Crippen LogP contribution in [0.5, 0.6) is 0 Å². The molecule has 3 N–H and O–H groups in total. The van der Waals surface area contributed by atoms with Crippen molar-refractivity contribution in [3.05, 3.63) is 29.8 Å². The summed E-state index contributed by atoms with van der Waals surface area (Å²) in [5, 5.41) is 5.68. The number of likely N-dealkylation sites (N-methyl/N-ethyl adjacent to an activating group) is 1. The maximum absolute atomic E-state index is 12.5. The Balaban J connectivity index is 1.67. The fraction of sp³-hybridized carbons (Fsp3) is 0.500. The molecule has 0 bridgehead atoms. The highest BCUT2D eigenvalue weighted by molar-refractivity contribution is 6.05. The zero-order valence-corrected chi connectivity index (χ0v) is 14.8. The lowest BCUT2D eigenvalue weighted by Gasteiger charge is -2.34. The lowest BCUT2D eigenvalue weighted by molar-refractivity contribution is -0.883. The molecule has 0 aromatic heterocycles. The monoisotopic (exact) mass is 344 g/mol. The summed E-state index contributed by atoms with van der Waals surface area (Å²) >= 11 is 0. The minimum atomic E-state index is -0.679. The van der Waals surface area contributed by atoms with E-state index in [-0.39, 0.29) is 18.2 Å². The van der Waals surface area contributed by atoms with Crippen LogP contribution in [0.4, 0.5) is 5.69 Å².